The SMILES string of the molecule is O=C([O-])CCN1C(=O)/C(=C\c2cccc(C(F)(F)F)c2)SC1=S. The van der Waals surface area contributed by atoms with Gasteiger partial charge in [-0.15, -0.1) is 0 Å². The Bertz CT molecular complexity index is 701. The highest BCUT2D eigenvalue weighted by atomic mass is 32.2. The van der Waals surface area contributed by atoms with E-state index in [1.54, 1.807) is 0 Å². The van der Waals surface area contributed by atoms with Crippen molar-refractivity contribution >= 4 is 46.3 Å². The molecule has 1 amide bonds. The number of carboxylic acid groups (broad SMARTS) is 1. The molecule has 1 fully saturated rings. The van der Waals surface area contributed by atoms with Crippen LogP contribution in [-0.2, 0) is 15.8 Å². The summed E-state index contributed by atoms with van der Waals surface area (Å²) in [4.78, 5) is 23.8. The van der Waals surface area contributed by atoms with E-state index in [1.165, 1.54) is 18.2 Å². The molecule has 0 bridgehead atoms. The van der Waals surface area contributed by atoms with Gasteiger partial charge in [0.05, 0.1) is 10.5 Å². The van der Waals surface area contributed by atoms with Crippen molar-refractivity contribution in [3.05, 3.63) is 40.3 Å². The van der Waals surface area contributed by atoms with Crippen LogP contribution in [0.25, 0.3) is 6.08 Å². The van der Waals surface area contributed by atoms with E-state index in [-0.39, 0.29) is 27.8 Å². The first kappa shape index (κ1) is 17.5. The van der Waals surface area contributed by atoms with Crippen molar-refractivity contribution in [1.29, 1.82) is 0 Å². The number of hydrogen-bond acceptors (Lipinski definition) is 5. The molecule has 0 saturated carbocycles. The molecule has 0 spiro atoms. The third-order valence-corrected chi connectivity index (χ3v) is 4.30. The Morgan fingerprint density at radius 2 is 2.09 bits per heavy atom. The predicted molar refractivity (Wildman–Crippen MR) is 80.9 cm³/mol. The van der Waals surface area contributed by atoms with Crippen molar-refractivity contribution < 1.29 is 27.9 Å². The molecule has 0 N–H and O–H groups in total. The fraction of sp³-hybridized carbons (Fsp3) is 0.214. The second kappa shape index (κ2) is 6.71. The van der Waals surface area contributed by atoms with Gasteiger partial charge in [-0.25, -0.2) is 0 Å². The number of thioether (sulfide) groups is 1. The molecule has 1 aromatic rings. The Morgan fingerprint density at radius 3 is 2.70 bits per heavy atom. The lowest BCUT2D eigenvalue weighted by atomic mass is 10.1. The predicted octanol–water partition coefficient (Wildman–Crippen LogP) is 2.05. The molecule has 2 rings (SSSR count). The maximum absolute atomic E-state index is 12.7. The largest absolute Gasteiger partial charge is 0.550 e. The number of carbonyl (C=O) groups excluding carboxylic acids is 2. The van der Waals surface area contributed by atoms with Gasteiger partial charge >= 0.3 is 6.18 Å². The first-order valence-electron chi connectivity index (χ1n) is 6.31. The molecule has 1 aromatic carbocycles. The van der Waals surface area contributed by atoms with Crippen LogP contribution >= 0.6 is 24.0 Å². The molecule has 122 valence electrons. The molecule has 0 aliphatic carbocycles. The van der Waals surface area contributed by atoms with Gasteiger partial charge in [0.1, 0.15) is 4.32 Å². The van der Waals surface area contributed by atoms with E-state index in [9.17, 15) is 27.9 Å². The first-order valence-corrected chi connectivity index (χ1v) is 7.53. The Labute approximate surface area is 139 Å². The number of hydrogen-bond donors (Lipinski definition) is 0. The summed E-state index contributed by atoms with van der Waals surface area (Å²) < 4.78 is 38.2. The van der Waals surface area contributed by atoms with Crippen molar-refractivity contribution in [2.24, 2.45) is 0 Å². The third kappa shape index (κ3) is 4.32. The van der Waals surface area contributed by atoms with Crippen LogP contribution in [0.5, 0.6) is 0 Å². The summed E-state index contributed by atoms with van der Waals surface area (Å²) in [6, 6.07) is 4.53. The molecule has 1 heterocycles. The van der Waals surface area contributed by atoms with Crippen LogP contribution in [0.2, 0.25) is 0 Å². The van der Waals surface area contributed by atoms with Gasteiger partial charge in [0.25, 0.3) is 5.91 Å². The van der Waals surface area contributed by atoms with Crippen molar-refractivity contribution in [2.45, 2.75) is 12.6 Å². The lowest BCUT2D eigenvalue weighted by Gasteiger charge is -2.14. The molecular formula is C14H9F3NO3S2-. The van der Waals surface area contributed by atoms with Gasteiger partial charge in [-0.05, 0) is 23.8 Å². The Hall–Kier alpha value is -1.87. The van der Waals surface area contributed by atoms with Crippen LogP contribution in [-0.4, -0.2) is 27.6 Å². The summed E-state index contributed by atoms with van der Waals surface area (Å²) in [7, 11) is 0. The maximum atomic E-state index is 12.7. The maximum Gasteiger partial charge on any atom is 0.416 e. The quantitative estimate of drug-likeness (QED) is 0.608. The second-order valence-corrected chi connectivity index (χ2v) is 6.25. The van der Waals surface area contributed by atoms with E-state index >= 15 is 0 Å². The summed E-state index contributed by atoms with van der Waals surface area (Å²) >= 11 is 5.90. The van der Waals surface area contributed by atoms with E-state index in [0.717, 1.165) is 28.8 Å². The normalized spacial score (nSPS) is 17.2. The molecule has 0 unspecified atom stereocenters. The van der Waals surface area contributed by atoms with Crippen molar-refractivity contribution in [2.75, 3.05) is 6.54 Å². The van der Waals surface area contributed by atoms with Gasteiger partial charge in [0.2, 0.25) is 0 Å². The number of carbonyl (C=O) groups is 2. The first-order chi connectivity index (χ1) is 10.7. The number of alkyl halides is 3. The monoisotopic (exact) mass is 360 g/mol. The Balaban J connectivity index is 2.22. The highest BCUT2D eigenvalue weighted by Gasteiger charge is 2.32. The van der Waals surface area contributed by atoms with E-state index in [0.29, 0.717) is 0 Å². The minimum atomic E-state index is -4.48. The molecule has 9 heteroatoms. The molecule has 0 atom stereocenters. The van der Waals surface area contributed by atoms with Crippen LogP contribution in [0.15, 0.2) is 29.2 Å². The molecule has 1 aliphatic rings. The van der Waals surface area contributed by atoms with E-state index in [4.69, 9.17) is 12.2 Å². The van der Waals surface area contributed by atoms with E-state index in [2.05, 4.69) is 0 Å². The summed E-state index contributed by atoms with van der Waals surface area (Å²) in [5.41, 5.74) is -0.612. The number of benzene rings is 1. The van der Waals surface area contributed by atoms with Crippen molar-refractivity contribution in [3.8, 4) is 0 Å². The number of rotatable bonds is 4. The number of amides is 1. The summed E-state index contributed by atoms with van der Waals surface area (Å²) in [5, 5.41) is 10.5. The summed E-state index contributed by atoms with van der Waals surface area (Å²) in [5.74, 6) is -1.85. The smallest absolute Gasteiger partial charge is 0.416 e. The average molecular weight is 360 g/mol. The average Bonchev–Trinajstić information content (AvgIpc) is 2.70. The van der Waals surface area contributed by atoms with Gasteiger partial charge in [-0.1, -0.05) is 36.1 Å². The lowest BCUT2D eigenvalue weighted by Crippen LogP contribution is -2.33. The van der Waals surface area contributed by atoms with Gasteiger partial charge in [0, 0.05) is 18.9 Å². The van der Waals surface area contributed by atoms with Crippen LogP contribution in [0.1, 0.15) is 17.5 Å². The number of carboxylic acids is 1. The number of thiocarbonyl (C=S) groups is 1. The molecule has 4 nitrogen and oxygen atoms in total. The minimum absolute atomic E-state index is 0.132. The van der Waals surface area contributed by atoms with E-state index < -0.39 is 23.6 Å². The highest BCUT2D eigenvalue weighted by Crippen LogP contribution is 2.34. The standard InChI is InChI=1S/C14H10F3NO3S2/c15-14(16,17)9-3-1-2-8(6-9)7-10-12(21)18(13(22)23-10)5-4-11(19)20/h1-3,6-7H,4-5H2,(H,19,20)/p-1/b10-7+. The molecular weight excluding hydrogens is 351 g/mol. The van der Waals surface area contributed by atoms with Crippen LogP contribution < -0.4 is 5.11 Å². The molecule has 1 aliphatic heterocycles. The minimum Gasteiger partial charge on any atom is -0.550 e. The third-order valence-electron chi connectivity index (χ3n) is 2.92. The Kier molecular flexibility index (Phi) is 5.10. The number of halogens is 3. The zero-order valence-corrected chi connectivity index (χ0v) is 13.1. The van der Waals surface area contributed by atoms with E-state index in [1.807, 2.05) is 0 Å². The number of nitrogens with zero attached hydrogens (tertiary/aromatic N) is 1. The van der Waals surface area contributed by atoms with Gasteiger partial charge in [-0.2, -0.15) is 13.2 Å². The van der Waals surface area contributed by atoms with Crippen LogP contribution in [0.4, 0.5) is 13.2 Å². The lowest BCUT2D eigenvalue weighted by molar-refractivity contribution is -0.305. The fourth-order valence-electron chi connectivity index (χ4n) is 1.85. The van der Waals surface area contributed by atoms with Gasteiger partial charge in [-0.3, -0.25) is 9.69 Å². The molecule has 0 radical (unpaired) electrons. The molecule has 1 saturated heterocycles. The fourth-order valence-corrected chi connectivity index (χ4v) is 3.16. The zero-order valence-electron chi connectivity index (χ0n) is 11.4. The second-order valence-electron chi connectivity index (χ2n) is 4.58. The van der Waals surface area contributed by atoms with Gasteiger partial charge in [0.15, 0.2) is 0 Å². The highest BCUT2D eigenvalue weighted by molar-refractivity contribution is 8.26. The molecule has 0 aromatic heterocycles. The number of aliphatic carboxylic acids is 1. The van der Waals surface area contributed by atoms with Crippen LogP contribution in [0.3, 0.4) is 0 Å². The van der Waals surface area contributed by atoms with Crippen LogP contribution in [0, 0.1) is 0 Å². The molecule has 23 heavy (non-hydrogen) atoms. The zero-order chi connectivity index (χ0) is 17.2. The van der Waals surface area contributed by atoms with Crippen molar-refractivity contribution in [1.82, 2.24) is 4.90 Å². The topological polar surface area (TPSA) is 60.4 Å². The van der Waals surface area contributed by atoms with Gasteiger partial charge < -0.3 is 9.90 Å². The summed E-state index contributed by atoms with van der Waals surface area (Å²) in [6.45, 7) is -0.132. The Morgan fingerprint density at radius 1 is 1.39 bits per heavy atom. The van der Waals surface area contributed by atoms with Crippen molar-refractivity contribution in [3.63, 3.8) is 0 Å². The summed E-state index contributed by atoms with van der Waals surface area (Å²) in [6.07, 6.45) is -3.55.